The van der Waals surface area contributed by atoms with Crippen molar-refractivity contribution >= 4 is 21.4 Å². The van der Waals surface area contributed by atoms with E-state index in [2.05, 4.69) is 18.6 Å². The van der Waals surface area contributed by atoms with Crippen LogP contribution in [0.4, 0.5) is 0 Å². The molecule has 0 spiro atoms. The van der Waals surface area contributed by atoms with Crippen molar-refractivity contribution in [2.24, 2.45) is 5.92 Å². The van der Waals surface area contributed by atoms with Crippen LogP contribution in [0.1, 0.15) is 24.3 Å². The Morgan fingerprint density at radius 1 is 1.15 bits per heavy atom. The Morgan fingerprint density at radius 3 is 2.40 bits per heavy atom. The van der Waals surface area contributed by atoms with Crippen LogP contribution < -0.4 is 4.72 Å². The number of benzene rings is 1. The molecule has 1 aromatic heterocycles. The van der Waals surface area contributed by atoms with Gasteiger partial charge in [0.05, 0.1) is 4.90 Å². The topological polar surface area (TPSA) is 46.2 Å². The third-order valence-electron chi connectivity index (χ3n) is 2.89. The zero-order valence-electron chi connectivity index (χ0n) is 11.7. The van der Waals surface area contributed by atoms with Crippen LogP contribution in [0.5, 0.6) is 0 Å². The van der Waals surface area contributed by atoms with Gasteiger partial charge in [-0.05, 0) is 41.5 Å². The average molecular weight is 309 g/mol. The molecule has 5 heteroatoms. The van der Waals surface area contributed by atoms with Gasteiger partial charge in [0.15, 0.2) is 0 Å². The van der Waals surface area contributed by atoms with Gasteiger partial charge in [-0.15, -0.1) is 11.3 Å². The summed E-state index contributed by atoms with van der Waals surface area (Å²) in [6, 6.07) is 11.0. The normalized spacial score (nSPS) is 11.9. The minimum Gasteiger partial charge on any atom is -0.207 e. The summed E-state index contributed by atoms with van der Waals surface area (Å²) in [6.07, 6.45) is 0.961. The van der Waals surface area contributed by atoms with Gasteiger partial charge in [0.2, 0.25) is 10.0 Å². The van der Waals surface area contributed by atoms with E-state index in [9.17, 15) is 8.42 Å². The van der Waals surface area contributed by atoms with Gasteiger partial charge in [0.1, 0.15) is 0 Å². The first-order valence-corrected chi connectivity index (χ1v) is 8.94. The molecule has 2 aromatic rings. The van der Waals surface area contributed by atoms with E-state index in [1.807, 2.05) is 29.6 Å². The van der Waals surface area contributed by atoms with Gasteiger partial charge >= 0.3 is 0 Å². The second kappa shape index (κ2) is 6.52. The van der Waals surface area contributed by atoms with E-state index in [0.29, 0.717) is 17.4 Å². The second-order valence-corrected chi connectivity index (χ2v) is 7.95. The molecule has 0 bridgehead atoms. The van der Waals surface area contributed by atoms with Crippen LogP contribution >= 0.6 is 11.3 Å². The standard InChI is InChI=1S/C15H19NO2S2/c1-12(2)10-13-5-7-15(8-6-13)20(17,18)16-11-14-4-3-9-19-14/h3-9,12,16H,10-11H2,1-2H3. The van der Waals surface area contributed by atoms with Crippen molar-refractivity contribution in [2.45, 2.75) is 31.7 Å². The van der Waals surface area contributed by atoms with Gasteiger partial charge in [-0.3, -0.25) is 0 Å². The SMILES string of the molecule is CC(C)Cc1ccc(S(=O)(=O)NCc2cccs2)cc1. The number of hydrogen-bond donors (Lipinski definition) is 1. The number of nitrogens with one attached hydrogen (secondary N) is 1. The lowest BCUT2D eigenvalue weighted by atomic mass is 10.0. The van der Waals surface area contributed by atoms with Gasteiger partial charge < -0.3 is 0 Å². The molecule has 1 heterocycles. The molecule has 3 nitrogen and oxygen atoms in total. The predicted molar refractivity (Wildman–Crippen MR) is 83.3 cm³/mol. The lowest BCUT2D eigenvalue weighted by molar-refractivity contribution is 0.581. The van der Waals surface area contributed by atoms with Crippen molar-refractivity contribution in [2.75, 3.05) is 0 Å². The summed E-state index contributed by atoms with van der Waals surface area (Å²) in [7, 11) is -3.42. The molecule has 0 aliphatic rings. The number of thiophene rings is 1. The molecule has 0 saturated carbocycles. The molecule has 0 unspecified atom stereocenters. The first-order chi connectivity index (χ1) is 9.47. The third kappa shape index (κ3) is 4.16. The largest absolute Gasteiger partial charge is 0.240 e. The van der Waals surface area contributed by atoms with Crippen LogP contribution in [0.15, 0.2) is 46.7 Å². The molecule has 0 aliphatic carbocycles. The van der Waals surface area contributed by atoms with Crippen LogP contribution in [0, 0.1) is 5.92 Å². The first kappa shape index (κ1) is 15.2. The van der Waals surface area contributed by atoms with Gasteiger partial charge in [-0.25, -0.2) is 13.1 Å². The van der Waals surface area contributed by atoms with E-state index in [0.717, 1.165) is 16.9 Å². The number of hydrogen-bond acceptors (Lipinski definition) is 3. The summed E-state index contributed by atoms with van der Waals surface area (Å²) in [5, 5.41) is 1.93. The van der Waals surface area contributed by atoms with Crippen LogP contribution in [0.3, 0.4) is 0 Å². The number of rotatable bonds is 6. The van der Waals surface area contributed by atoms with Crippen LogP contribution in [-0.4, -0.2) is 8.42 Å². The van der Waals surface area contributed by atoms with Crippen molar-refractivity contribution in [3.63, 3.8) is 0 Å². The predicted octanol–water partition coefficient (Wildman–Crippen LogP) is 3.43. The lowest BCUT2D eigenvalue weighted by Gasteiger charge is -2.08. The van der Waals surface area contributed by atoms with Crippen LogP contribution in [-0.2, 0) is 23.0 Å². The van der Waals surface area contributed by atoms with Gasteiger partial charge in [-0.1, -0.05) is 32.0 Å². The quantitative estimate of drug-likeness (QED) is 0.888. The molecule has 108 valence electrons. The Hall–Kier alpha value is -1.17. The Kier molecular flexibility index (Phi) is 4.96. The molecule has 0 radical (unpaired) electrons. The first-order valence-electron chi connectivity index (χ1n) is 6.58. The molecule has 1 N–H and O–H groups in total. The van der Waals surface area contributed by atoms with Gasteiger partial charge in [-0.2, -0.15) is 0 Å². The van der Waals surface area contributed by atoms with Gasteiger partial charge in [0.25, 0.3) is 0 Å². The molecule has 0 atom stereocenters. The van der Waals surface area contributed by atoms with E-state index in [4.69, 9.17) is 0 Å². The lowest BCUT2D eigenvalue weighted by Crippen LogP contribution is -2.22. The summed E-state index contributed by atoms with van der Waals surface area (Å²) >= 11 is 1.54. The summed E-state index contributed by atoms with van der Waals surface area (Å²) < 4.78 is 26.9. The fourth-order valence-electron chi connectivity index (χ4n) is 1.94. The highest BCUT2D eigenvalue weighted by Gasteiger charge is 2.13. The smallest absolute Gasteiger partial charge is 0.207 e. The van der Waals surface area contributed by atoms with E-state index < -0.39 is 10.0 Å². The van der Waals surface area contributed by atoms with Crippen LogP contribution in [0.2, 0.25) is 0 Å². The molecular formula is C15H19NO2S2. The molecule has 2 rings (SSSR count). The molecule has 20 heavy (non-hydrogen) atoms. The Morgan fingerprint density at radius 2 is 1.85 bits per heavy atom. The second-order valence-electron chi connectivity index (χ2n) is 5.15. The summed E-state index contributed by atoms with van der Waals surface area (Å²) in [5.74, 6) is 0.564. The highest BCUT2D eigenvalue weighted by Crippen LogP contribution is 2.15. The van der Waals surface area contributed by atoms with Crippen molar-refractivity contribution in [3.05, 3.63) is 52.2 Å². The van der Waals surface area contributed by atoms with Crippen molar-refractivity contribution in [1.29, 1.82) is 0 Å². The van der Waals surface area contributed by atoms with Crippen molar-refractivity contribution in [1.82, 2.24) is 4.72 Å². The van der Waals surface area contributed by atoms with Crippen LogP contribution in [0.25, 0.3) is 0 Å². The molecule has 0 amide bonds. The minimum atomic E-state index is -3.42. The zero-order chi connectivity index (χ0) is 14.6. The summed E-state index contributed by atoms with van der Waals surface area (Å²) in [5.41, 5.74) is 1.16. The van der Waals surface area contributed by atoms with E-state index in [1.54, 1.807) is 23.5 Å². The molecule has 0 fully saturated rings. The Bertz CT molecular complexity index is 629. The fourth-order valence-corrected chi connectivity index (χ4v) is 3.68. The van der Waals surface area contributed by atoms with Gasteiger partial charge in [0, 0.05) is 11.4 Å². The average Bonchev–Trinajstić information content (AvgIpc) is 2.89. The van der Waals surface area contributed by atoms with Crippen molar-refractivity contribution in [3.8, 4) is 0 Å². The highest BCUT2D eigenvalue weighted by atomic mass is 32.2. The maximum atomic E-state index is 12.2. The maximum Gasteiger partial charge on any atom is 0.240 e. The Balaban J connectivity index is 2.05. The summed E-state index contributed by atoms with van der Waals surface area (Å²) in [4.78, 5) is 1.33. The fraction of sp³-hybridized carbons (Fsp3) is 0.333. The zero-order valence-corrected chi connectivity index (χ0v) is 13.3. The summed E-state index contributed by atoms with van der Waals surface area (Å²) in [6.45, 7) is 4.63. The monoisotopic (exact) mass is 309 g/mol. The number of sulfonamides is 1. The maximum absolute atomic E-state index is 12.2. The van der Waals surface area contributed by atoms with Crippen molar-refractivity contribution < 1.29 is 8.42 Å². The van der Waals surface area contributed by atoms with E-state index in [1.165, 1.54) is 0 Å². The molecular weight excluding hydrogens is 290 g/mol. The van der Waals surface area contributed by atoms with E-state index >= 15 is 0 Å². The Labute approximate surface area is 124 Å². The molecule has 0 saturated heterocycles. The third-order valence-corrected chi connectivity index (χ3v) is 5.19. The highest BCUT2D eigenvalue weighted by molar-refractivity contribution is 7.89. The molecule has 0 aliphatic heterocycles. The van der Waals surface area contributed by atoms with E-state index in [-0.39, 0.29) is 0 Å². The minimum absolute atomic E-state index is 0.321. The molecule has 1 aromatic carbocycles.